The summed E-state index contributed by atoms with van der Waals surface area (Å²) >= 11 is 3.21. The molecule has 0 spiro atoms. The van der Waals surface area contributed by atoms with Gasteiger partial charge in [0.05, 0.1) is 6.26 Å². The molecule has 1 aliphatic heterocycles. The van der Waals surface area contributed by atoms with Crippen LogP contribution in [0.1, 0.15) is 29.0 Å². The van der Waals surface area contributed by atoms with Gasteiger partial charge < -0.3 is 9.32 Å². The van der Waals surface area contributed by atoms with E-state index in [0.717, 1.165) is 5.56 Å². The van der Waals surface area contributed by atoms with Crippen LogP contribution in [0.3, 0.4) is 0 Å². The maximum absolute atomic E-state index is 12.4. The second-order valence-corrected chi connectivity index (χ2v) is 8.19. The number of aryl methyl sites for hydroxylation is 1. The summed E-state index contributed by atoms with van der Waals surface area (Å²) in [6.07, 6.45) is 2.47. The first kappa shape index (κ1) is 16.5. The number of carbonyl (C=O) groups is 1. The van der Waals surface area contributed by atoms with Gasteiger partial charge in [0, 0.05) is 31.7 Å². The molecule has 0 atom stereocenters. The van der Waals surface area contributed by atoms with Crippen molar-refractivity contribution in [2.75, 3.05) is 26.4 Å². The SMILES string of the molecule is Cc1cc(Br)oc1C(=O)N1CCC(N(C)S(C)(=O)=O)CC1. The van der Waals surface area contributed by atoms with Crippen LogP contribution in [0.2, 0.25) is 0 Å². The third kappa shape index (κ3) is 3.67. The first-order chi connectivity index (χ1) is 9.70. The molecule has 1 fully saturated rings. The maximum Gasteiger partial charge on any atom is 0.289 e. The molecule has 0 N–H and O–H groups in total. The van der Waals surface area contributed by atoms with E-state index in [2.05, 4.69) is 15.9 Å². The molecule has 0 bridgehead atoms. The minimum absolute atomic E-state index is 0.0477. The highest BCUT2D eigenvalue weighted by Gasteiger charge is 2.30. The summed E-state index contributed by atoms with van der Waals surface area (Å²) in [5.41, 5.74) is 0.794. The highest BCUT2D eigenvalue weighted by molar-refractivity contribution is 9.10. The predicted octanol–water partition coefficient (Wildman–Crippen LogP) is 1.85. The first-order valence-electron chi connectivity index (χ1n) is 6.68. The number of amides is 1. The minimum Gasteiger partial charge on any atom is -0.444 e. The number of hydrogen-bond acceptors (Lipinski definition) is 4. The minimum atomic E-state index is -3.19. The van der Waals surface area contributed by atoms with Crippen molar-refractivity contribution in [2.45, 2.75) is 25.8 Å². The summed E-state index contributed by atoms with van der Waals surface area (Å²) < 4.78 is 30.4. The topological polar surface area (TPSA) is 70.8 Å². The van der Waals surface area contributed by atoms with Gasteiger partial charge in [0.15, 0.2) is 10.4 Å². The lowest BCUT2D eigenvalue weighted by Gasteiger charge is -2.35. The van der Waals surface area contributed by atoms with Crippen molar-refractivity contribution in [3.8, 4) is 0 Å². The molecule has 1 saturated heterocycles. The van der Waals surface area contributed by atoms with Crippen molar-refractivity contribution in [1.29, 1.82) is 0 Å². The van der Waals surface area contributed by atoms with Gasteiger partial charge >= 0.3 is 0 Å². The largest absolute Gasteiger partial charge is 0.444 e. The van der Waals surface area contributed by atoms with E-state index in [1.54, 1.807) is 18.0 Å². The fourth-order valence-corrected chi connectivity index (χ4v) is 3.76. The molecule has 8 heteroatoms. The van der Waals surface area contributed by atoms with Crippen molar-refractivity contribution < 1.29 is 17.6 Å². The zero-order chi connectivity index (χ0) is 15.8. The average molecular weight is 379 g/mol. The second-order valence-electron chi connectivity index (χ2n) is 5.37. The predicted molar refractivity (Wildman–Crippen MR) is 82.7 cm³/mol. The van der Waals surface area contributed by atoms with Gasteiger partial charge in [-0.05, 0) is 41.8 Å². The van der Waals surface area contributed by atoms with Crippen LogP contribution >= 0.6 is 15.9 Å². The molecule has 0 saturated carbocycles. The van der Waals surface area contributed by atoms with E-state index in [1.807, 2.05) is 6.92 Å². The van der Waals surface area contributed by atoms with Crippen LogP contribution in [-0.2, 0) is 10.0 Å². The Hall–Kier alpha value is -0.860. The number of hydrogen-bond donors (Lipinski definition) is 0. The Kier molecular flexibility index (Phi) is 4.79. The normalized spacial score (nSPS) is 17.5. The summed E-state index contributed by atoms with van der Waals surface area (Å²) in [6.45, 7) is 2.88. The third-order valence-electron chi connectivity index (χ3n) is 3.87. The number of piperidine rings is 1. The first-order valence-corrected chi connectivity index (χ1v) is 9.32. The molecule has 2 heterocycles. The lowest BCUT2D eigenvalue weighted by Crippen LogP contribution is -2.47. The number of nitrogens with zero attached hydrogens (tertiary/aromatic N) is 2. The second kappa shape index (κ2) is 6.10. The standard InChI is InChI=1S/C13H19BrN2O4S/c1-9-8-11(14)20-12(9)13(17)16-6-4-10(5-7-16)15(2)21(3,18)19/h8,10H,4-7H2,1-3H3. The average Bonchev–Trinajstić information content (AvgIpc) is 2.75. The molecule has 1 amide bonds. The molecule has 0 aromatic carbocycles. The number of rotatable bonds is 3. The maximum atomic E-state index is 12.4. The van der Waals surface area contributed by atoms with Crippen molar-refractivity contribution in [3.63, 3.8) is 0 Å². The van der Waals surface area contributed by atoms with Gasteiger partial charge in [0.25, 0.3) is 5.91 Å². The summed E-state index contributed by atoms with van der Waals surface area (Å²) in [5.74, 6) is 0.204. The van der Waals surface area contributed by atoms with Crippen LogP contribution in [0.15, 0.2) is 15.2 Å². The van der Waals surface area contributed by atoms with E-state index in [1.165, 1.54) is 10.6 Å². The number of sulfonamides is 1. The summed E-state index contributed by atoms with van der Waals surface area (Å²) in [7, 11) is -1.60. The summed E-state index contributed by atoms with van der Waals surface area (Å²) in [6, 6.07) is 1.71. The van der Waals surface area contributed by atoms with Crippen LogP contribution in [0.25, 0.3) is 0 Å². The zero-order valence-corrected chi connectivity index (χ0v) is 14.7. The van der Waals surface area contributed by atoms with E-state index < -0.39 is 10.0 Å². The van der Waals surface area contributed by atoms with Gasteiger partial charge in [-0.15, -0.1) is 0 Å². The third-order valence-corrected chi connectivity index (χ3v) is 5.61. The number of likely N-dealkylation sites (tertiary alicyclic amines) is 1. The van der Waals surface area contributed by atoms with E-state index in [9.17, 15) is 13.2 Å². The van der Waals surface area contributed by atoms with Gasteiger partial charge in [0.1, 0.15) is 0 Å². The zero-order valence-electron chi connectivity index (χ0n) is 12.3. The summed E-state index contributed by atoms with van der Waals surface area (Å²) in [4.78, 5) is 14.1. The highest BCUT2D eigenvalue weighted by atomic mass is 79.9. The Bertz CT molecular complexity index is 633. The van der Waals surface area contributed by atoms with Crippen LogP contribution in [-0.4, -0.2) is 56.0 Å². The lowest BCUT2D eigenvalue weighted by atomic mass is 10.0. The number of halogens is 1. The van der Waals surface area contributed by atoms with Crippen molar-refractivity contribution in [2.24, 2.45) is 0 Å². The number of furan rings is 1. The molecule has 2 rings (SSSR count). The Balaban J connectivity index is 2.01. The highest BCUT2D eigenvalue weighted by Crippen LogP contribution is 2.24. The van der Waals surface area contributed by atoms with Gasteiger partial charge in [0.2, 0.25) is 10.0 Å². The van der Waals surface area contributed by atoms with Crippen LogP contribution < -0.4 is 0 Å². The van der Waals surface area contributed by atoms with E-state index in [-0.39, 0.29) is 11.9 Å². The van der Waals surface area contributed by atoms with Gasteiger partial charge in [-0.25, -0.2) is 12.7 Å². The van der Waals surface area contributed by atoms with E-state index >= 15 is 0 Å². The monoisotopic (exact) mass is 378 g/mol. The molecule has 0 aliphatic carbocycles. The molecule has 118 valence electrons. The van der Waals surface area contributed by atoms with Crippen molar-refractivity contribution in [3.05, 3.63) is 22.1 Å². The molecule has 1 aromatic heterocycles. The molecular weight excluding hydrogens is 360 g/mol. The van der Waals surface area contributed by atoms with Crippen molar-refractivity contribution >= 4 is 31.9 Å². The fraction of sp³-hybridized carbons (Fsp3) is 0.615. The van der Waals surface area contributed by atoms with Crippen LogP contribution in [0.4, 0.5) is 0 Å². The Morgan fingerprint density at radius 3 is 2.43 bits per heavy atom. The van der Waals surface area contributed by atoms with E-state index in [4.69, 9.17) is 4.42 Å². The molecule has 6 nitrogen and oxygen atoms in total. The number of carbonyl (C=O) groups excluding carboxylic acids is 1. The Morgan fingerprint density at radius 1 is 1.43 bits per heavy atom. The Labute approximate surface area is 133 Å². The van der Waals surface area contributed by atoms with Gasteiger partial charge in [-0.2, -0.15) is 0 Å². The molecule has 1 aliphatic rings. The van der Waals surface area contributed by atoms with Gasteiger partial charge in [-0.1, -0.05) is 0 Å². The van der Waals surface area contributed by atoms with Crippen molar-refractivity contribution in [1.82, 2.24) is 9.21 Å². The molecule has 0 radical (unpaired) electrons. The molecule has 21 heavy (non-hydrogen) atoms. The summed E-state index contributed by atoms with van der Waals surface area (Å²) in [5, 5.41) is 0. The fourth-order valence-electron chi connectivity index (χ4n) is 2.50. The molecule has 0 unspecified atom stereocenters. The Morgan fingerprint density at radius 2 is 2.00 bits per heavy atom. The lowest BCUT2D eigenvalue weighted by molar-refractivity contribution is 0.0652. The molecule has 1 aromatic rings. The van der Waals surface area contributed by atoms with Crippen LogP contribution in [0, 0.1) is 6.92 Å². The molecular formula is C13H19BrN2O4S. The quantitative estimate of drug-likeness (QED) is 0.804. The van der Waals surface area contributed by atoms with E-state index in [0.29, 0.717) is 36.4 Å². The smallest absolute Gasteiger partial charge is 0.289 e. The van der Waals surface area contributed by atoms with Gasteiger partial charge in [-0.3, -0.25) is 4.79 Å². The van der Waals surface area contributed by atoms with Crippen LogP contribution in [0.5, 0.6) is 0 Å².